The number of hydrogen-bond donors (Lipinski definition) is 2. The quantitative estimate of drug-likeness (QED) is 0.110. The van der Waals surface area contributed by atoms with Crippen molar-refractivity contribution >= 4 is 46.8 Å². The van der Waals surface area contributed by atoms with Gasteiger partial charge in [-0.2, -0.15) is 20.2 Å². The molecule has 0 aliphatic carbocycles. The Balaban J connectivity index is 0.000000196. The molecule has 4 amide bonds. The maximum absolute atomic E-state index is 12.6. The van der Waals surface area contributed by atoms with Crippen LogP contribution in [-0.2, 0) is 22.6 Å². The van der Waals surface area contributed by atoms with E-state index in [4.69, 9.17) is 28.4 Å². The van der Waals surface area contributed by atoms with Gasteiger partial charge >= 0.3 is 12.2 Å². The predicted octanol–water partition coefficient (Wildman–Crippen LogP) is 7.42. The van der Waals surface area contributed by atoms with Crippen LogP contribution in [0.1, 0.15) is 43.0 Å². The second kappa shape index (κ2) is 21.5. The van der Waals surface area contributed by atoms with E-state index in [1.807, 2.05) is 30.3 Å². The van der Waals surface area contributed by atoms with E-state index in [-0.39, 0.29) is 38.1 Å². The number of nitrogens with zero attached hydrogens (tertiary/aromatic N) is 6. The minimum Gasteiger partial charge on any atom is -0.493 e. The summed E-state index contributed by atoms with van der Waals surface area (Å²) in [5, 5.41) is 17.1. The van der Waals surface area contributed by atoms with Gasteiger partial charge < -0.3 is 39.1 Å². The van der Waals surface area contributed by atoms with Crippen molar-refractivity contribution in [1.82, 2.24) is 20.0 Å². The molecule has 0 saturated carbocycles. The van der Waals surface area contributed by atoms with Crippen molar-refractivity contribution in [2.45, 2.75) is 13.1 Å². The summed E-state index contributed by atoms with van der Waals surface area (Å²) in [5.41, 5.74) is 6.14. The van der Waals surface area contributed by atoms with Gasteiger partial charge in [0, 0.05) is 47.3 Å². The van der Waals surface area contributed by atoms with Gasteiger partial charge in [0.1, 0.15) is 24.6 Å². The average molecular weight is 893 g/mol. The third-order valence-corrected chi connectivity index (χ3v) is 9.95. The van der Waals surface area contributed by atoms with Crippen molar-refractivity contribution in [2.24, 2.45) is 10.2 Å². The van der Waals surface area contributed by atoms with Crippen molar-refractivity contribution in [3.05, 3.63) is 167 Å². The molecule has 8 rings (SSSR count). The summed E-state index contributed by atoms with van der Waals surface area (Å²) in [6.45, 7) is 0.363. The highest BCUT2D eigenvalue weighted by Gasteiger charge is 2.26. The van der Waals surface area contributed by atoms with Crippen molar-refractivity contribution in [2.75, 3.05) is 52.3 Å². The molecule has 0 unspecified atom stereocenters. The lowest BCUT2D eigenvalue weighted by Crippen LogP contribution is -2.35. The molecule has 66 heavy (non-hydrogen) atoms. The van der Waals surface area contributed by atoms with Crippen LogP contribution in [0.15, 0.2) is 144 Å². The van der Waals surface area contributed by atoms with Gasteiger partial charge in [-0.15, -0.1) is 0 Å². The van der Waals surface area contributed by atoms with Gasteiger partial charge in [-0.25, -0.2) is 9.59 Å². The van der Waals surface area contributed by atoms with E-state index in [9.17, 15) is 19.2 Å². The number of nitrogens with one attached hydrogen (secondary N) is 2. The smallest absolute Gasteiger partial charge is 0.431 e. The Bertz CT molecular complexity index is 2770. The molecule has 0 saturated heterocycles. The fourth-order valence-electron chi connectivity index (χ4n) is 6.61. The zero-order valence-corrected chi connectivity index (χ0v) is 36.3. The summed E-state index contributed by atoms with van der Waals surface area (Å²) in [4.78, 5) is 57.6. The molecular formula is C48H44N8O10. The van der Waals surface area contributed by atoms with Crippen molar-refractivity contribution in [3.8, 4) is 23.0 Å². The summed E-state index contributed by atoms with van der Waals surface area (Å²) in [6, 6.07) is 31.9. The second-order valence-corrected chi connectivity index (χ2v) is 14.2. The Morgan fingerprint density at radius 1 is 0.576 bits per heavy atom. The molecule has 336 valence electrons. The third kappa shape index (κ3) is 11.2. The molecule has 0 bridgehead atoms. The van der Waals surface area contributed by atoms with Crippen LogP contribution in [0.25, 0.3) is 0 Å². The molecule has 2 N–H and O–H groups in total. The molecule has 2 aliphatic heterocycles. The number of para-hydroxylation sites is 1. The Hall–Kier alpha value is -8.80. The van der Waals surface area contributed by atoms with Crippen molar-refractivity contribution in [3.63, 3.8) is 0 Å². The standard InChI is InChI=1S/2C24H22N4O5/c1-31-21-9-8-17(12-22(21)32-2)20-15-33-24(30)28(27-20)14-16-5-3-7-19(11-16)26-23(29)18-6-4-10-25-13-18;1-31-21-10-9-16(12-22(21)32-2)20-15-33-24(30)28(27-20)14-18-6-3-4-8-19(18)26-23(29)17-7-5-11-25-13-17/h2*3-13H,14-15H2,1-2H3,(H,26,29). The summed E-state index contributed by atoms with van der Waals surface area (Å²) in [5.74, 6) is 1.71. The Kier molecular flexibility index (Phi) is 14.7. The molecule has 6 aromatic rings. The lowest BCUT2D eigenvalue weighted by atomic mass is 10.1. The molecule has 18 heteroatoms. The van der Waals surface area contributed by atoms with Gasteiger partial charge in [0.2, 0.25) is 0 Å². The Morgan fingerprint density at radius 2 is 1.11 bits per heavy atom. The molecule has 4 aromatic carbocycles. The summed E-state index contributed by atoms with van der Waals surface area (Å²) < 4.78 is 31.9. The van der Waals surface area contributed by atoms with Gasteiger partial charge in [-0.3, -0.25) is 19.6 Å². The lowest BCUT2D eigenvalue weighted by Gasteiger charge is -2.24. The molecule has 4 heterocycles. The van der Waals surface area contributed by atoms with Gasteiger partial charge in [0.25, 0.3) is 11.8 Å². The molecule has 0 spiro atoms. The van der Waals surface area contributed by atoms with Gasteiger partial charge in [0.15, 0.2) is 23.0 Å². The largest absolute Gasteiger partial charge is 0.493 e. The van der Waals surface area contributed by atoms with Crippen LogP contribution in [0.2, 0.25) is 0 Å². The first kappa shape index (κ1) is 45.2. The van der Waals surface area contributed by atoms with Gasteiger partial charge in [0.05, 0.1) is 52.7 Å². The van der Waals surface area contributed by atoms with E-state index < -0.39 is 12.2 Å². The monoisotopic (exact) mass is 892 g/mol. The first-order valence-corrected chi connectivity index (χ1v) is 20.2. The molecule has 0 atom stereocenters. The zero-order valence-electron chi connectivity index (χ0n) is 36.3. The number of cyclic esters (lactones) is 2. The van der Waals surface area contributed by atoms with Crippen LogP contribution in [0.3, 0.4) is 0 Å². The minimum absolute atomic E-state index is 0.0320. The highest BCUT2D eigenvalue weighted by molar-refractivity contribution is 6.06. The highest BCUT2D eigenvalue weighted by atomic mass is 16.6. The molecule has 0 radical (unpaired) electrons. The number of anilines is 2. The fraction of sp³-hybridized carbons (Fsp3) is 0.167. The van der Waals surface area contributed by atoms with Crippen LogP contribution in [0, 0.1) is 0 Å². The molecule has 0 fully saturated rings. The number of methoxy groups -OCH3 is 4. The number of benzene rings is 4. The SMILES string of the molecule is COc1ccc(C2=NN(Cc3cccc(NC(=O)c4cccnc4)c3)C(=O)OC2)cc1OC.COc1ccc(C2=NN(Cc3ccccc3NC(=O)c3cccnc3)C(=O)OC2)cc1OC. The minimum atomic E-state index is -0.576. The summed E-state index contributed by atoms with van der Waals surface area (Å²) >= 11 is 0. The number of hydrogen-bond acceptors (Lipinski definition) is 14. The maximum atomic E-state index is 12.6. The van der Waals surface area contributed by atoms with E-state index >= 15 is 0 Å². The van der Waals surface area contributed by atoms with Crippen molar-refractivity contribution in [1.29, 1.82) is 0 Å². The van der Waals surface area contributed by atoms with E-state index in [0.717, 1.165) is 16.7 Å². The first-order chi connectivity index (χ1) is 32.2. The second-order valence-electron chi connectivity index (χ2n) is 14.2. The molecule has 2 aromatic heterocycles. The number of amides is 4. The number of ether oxygens (including phenoxy) is 6. The average Bonchev–Trinajstić information content (AvgIpc) is 3.36. The number of carbonyl (C=O) groups is 4. The van der Waals surface area contributed by atoms with Crippen LogP contribution in [0.5, 0.6) is 23.0 Å². The van der Waals surface area contributed by atoms with E-state index in [1.165, 1.54) is 22.4 Å². The van der Waals surface area contributed by atoms with Crippen LogP contribution >= 0.6 is 0 Å². The predicted molar refractivity (Wildman–Crippen MR) is 243 cm³/mol. The lowest BCUT2D eigenvalue weighted by molar-refractivity contribution is 0.101. The molecule has 2 aliphatic rings. The Labute approximate surface area is 379 Å². The number of hydrazone groups is 2. The van der Waals surface area contributed by atoms with Crippen molar-refractivity contribution < 1.29 is 47.6 Å². The van der Waals surface area contributed by atoms with Gasteiger partial charge in [-0.1, -0.05) is 30.3 Å². The number of carbonyl (C=O) groups excluding carboxylic acids is 4. The normalized spacial score (nSPS) is 13.1. The summed E-state index contributed by atoms with van der Waals surface area (Å²) in [6.07, 6.45) is 5.05. The summed E-state index contributed by atoms with van der Waals surface area (Å²) in [7, 11) is 6.22. The third-order valence-electron chi connectivity index (χ3n) is 9.95. The zero-order chi connectivity index (χ0) is 46.4. The van der Waals surface area contributed by atoms with E-state index in [0.29, 0.717) is 62.5 Å². The van der Waals surface area contributed by atoms with Crippen LogP contribution in [-0.4, -0.2) is 97.1 Å². The van der Waals surface area contributed by atoms with Gasteiger partial charge in [-0.05, 0) is 90.0 Å². The van der Waals surface area contributed by atoms with E-state index in [1.54, 1.807) is 120 Å². The Morgan fingerprint density at radius 3 is 1.64 bits per heavy atom. The van der Waals surface area contributed by atoms with Crippen LogP contribution in [0.4, 0.5) is 21.0 Å². The maximum Gasteiger partial charge on any atom is 0.431 e. The number of pyridine rings is 2. The fourth-order valence-corrected chi connectivity index (χ4v) is 6.61. The topological polar surface area (TPSA) is 205 Å². The molecular weight excluding hydrogens is 849 g/mol. The molecule has 18 nitrogen and oxygen atoms in total. The van der Waals surface area contributed by atoms with Crippen LogP contribution < -0.4 is 29.6 Å². The highest BCUT2D eigenvalue weighted by Crippen LogP contribution is 2.30. The number of aromatic nitrogens is 2. The van der Waals surface area contributed by atoms with E-state index in [2.05, 4.69) is 30.8 Å². The first-order valence-electron chi connectivity index (χ1n) is 20.2. The number of rotatable bonds is 14.